The standard InChI is InChI=1S/C60H102O6/c1-4-7-10-13-16-19-22-25-26-27-28-29-30-31-32-33-34-36-38-41-44-47-50-53-59(62)65-56-57(55-64-58(61)52-49-46-43-40-37-24-21-18-15-12-9-6-3)66-60(63)54-51-48-45-42-39-35-23-20-17-14-11-8-5-2/h8,11,17-18,20-22,25,27-28,30-31,35,39,57H,4-7,9-10,12-16,19,23-24,26,29,32-34,36-38,40-56H2,1-3H3/b11-8-,20-17-,21-18-,25-22-,28-27-,31-30-,39-35-. The number of ether oxygens (including phenoxy) is 3. The molecule has 0 aromatic rings. The lowest BCUT2D eigenvalue weighted by molar-refractivity contribution is -0.167. The van der Waals surface area contributed by atoms with Crippen LogP contribution in [0.5, 0.6) is 0 Å². The van der Waals surface area contributed by atoms with Crippen LogP contribution < -0.4 is 0 Å². The molecule has 0 N–H and O–H groups in total. The van der Waals surface area contributed by atoms with Crippen LogP contribution in [0, 0.1) is 0 Å². The van der Waals surface area contributed by atoms with Gasteiger partial charge in [-0.15, -0.1) is 0 Å². The molecule has 0 heterocycles. The molecule has 0 aromatic heterocycles. The normalized spacial score (nSPS) is 12.7. The van der Waals surface area contributed by atoms with Gasteiger partial charge in [0.05, 0.1) is 0 Å². The van der Waals surface area contributed by atoms with Crippen molar-refractivity contribution >= 4 is 17.9 Å². The van der Waals surface area contributed by atoms with Crippen molar-refractivity contribution in [1.82, 2.24) is 0 Å². The fraction of sp³-hybridized carbons (Fsp3) is 0.717. The van der Waals surface area contributed by atoms with E-state index in [4.69, 9.17) is 14.2 Å². The van der Waals surface area contributed by atoms with Gasteiger partial charge in [-0.2, -0.15) is 0 Å². The topological polar surface area (TPSA) is 78.9 Å². The molecule has 0 saturated carbocycles. The molecule has 0 aliphatic carbocycles. The Morgan fingerprint density at radius 3 is 0.985 bits per heavy atom. The van der Waals surface area contributed by atoms with Crippen LogP contribution >= 0.6 is 0 Å². The van der Waals surface area contributed by atoms with Crippen LogP contribution in [0.15, 0.2) is 85.1 Å². The third kappa shape index (κ3) is 51.6. The second-order valence-electron chi connectivity index (χ2n) is 18.1. The maximum atomic E-state index is 12.8. The zero-order valence-corrected chi connectivity index (χ0v) is 43.2. The van der Waals surface area contributed by atoms with Crippen LogP contribution in [0.4, 0.5) is 0 Å². The summed E-state index contributed by atoms with van der Waals surface area (Å²) in [7, 11) is 0. The van der Waals surface area contributed by atoms with Gasteiger partial charge in [-0.25, -0.2) is 0 Å². The van der Waals surface area contributed by atoms with Crippen LogP contribution in [0.2, 0.25) is 0 Å². The SMILES string of the molecule is CC/C=C\C/C=C\C/C=C\CCCCCC(=O)OC(COC(=O)CCCCCCC/C=C\CCCCC)COC(=O)CCCCCCCCCC/C=C\C/C=C\C/C=C\CCCCCCC. The highest BCUT2D eigenvalue weighted by atomic mass is 16.6. The first-order valence-corrected chi connectivity index (χ1v) is 27.6. The molecule has 378 valence electrons. The summed E-state index contributed by atoms with van der Waals surface area (Å²) in [4.78, 5) is 38.0. The summed E-state index contributed by atoms with van der Waals surface area (Å²) in [5.74, 6) is -0.940. The summed E-state index contributed by atoms with van der Waals surface area (Å²) >= 11 is 0. The van der Waals surface area contributed by atoms with E-state index in [1.807, 2.05) is 0 Å². The van der Waals surface area contributed by atoms with Crippen LogP contribution in [0.1, 0.15) is 258 Å². The van der Waals surface area contributed by atoms with Gasteiger partial charge < -0.3 is 14.2 Å². The highest BCUT2D eigenvalue weighted by molar-refractivity contribution is 5.71. The van der Waals surface area contributed by atoms with Gasteiger partial charge in [-0.3, -0.25) is 14.4 Å². The molecular formula is C60H102O6. The number of carbonyl (C=O) groups excluding carboxylic acids is 3. The monoisotopic (exact) mass is 919 g/mol. The zero-order valence-electron chi connectivity index (χ0n) is 43.2. The van der Waals surface area contributed by atoms with Crippen molar-refractivity contribution in [2.24, 2.45) is 0 Å². The highest BCUT2D eigenvalue weighted by Gasteiger charge is 2.19. The minimum Gasteiger partial charge on any atom is -0.462 e. The van der Waals surface area contributed by atoms with Gasteiger partial charge in [0, 0.05) is 19.3 Å². The van der Waals surface area contributed by atoms with E-state index in [9.17, 15) is 14.4 Å². The Morgan fingerprint density at radius 2 is 0.591 bits per heavy atom. The lowest BCUT2D eigenvalue weighted by Gasteiger charge is -2.18. The number of carbonyl (C=O) groups is 3. The molecule has 0 saturated heterocycles. The average Bonchev–Trinajstić information content (AvgIpc) is 3.31. The maximum absolute atomic E-state index is 12.8. The molecular weight excluding hydrogens is 817 g/mol. The molecule has 6 nitrogen and oxygen atoms in total. The molecule has 0 aliphatic heterocycles. The predicted molar refractivity (Wildman–Crippen MR) is 284 cm³/mol. The van der Waals surface area contributed by atoms with E-state index in [-0.39, 0.29) is 37.5 Å². The summed E-state index contributed by atoms with van der Waals surface area (Å²) in [6.07, 6.45) is 70.0. The molecule has 1 unspecified atom stereocenters. The number of rotatable bonds is 49. The van der Waals surface area contributed by atoms with Crippen molar-refractivity contribution in [2.45, 2.75) is 264 Å². The first-order valence-electron chi connectivity index (χ1n) is 27.6. The lowest BCUT2D eigenvalue weighted by Crippen LogP contribution is -2.30. The van der Waals surface area contributed by atoms with Crippen molar-refractivity contribution in [3.63, 3.8) is 0 Å². The van der Waals surface area contributed by atoms with Crippen molar-refractivity contribution < 1.29 is 28.6 Å². The molecule has 66 heavy (non-hydrogen) atoms. The van der Waals surface area contributed by atoms with Crippen LogP contribution in [-0.4, -0.2) is 37.2 Å². The van der Waals surface area contributed by atoms with Crippen LogP contribution in [-0.2, 0) is 28.6 Å². The number of esters is 3. The molecule has 0 aromatic carbocycles. The Bertz CT molecular complexity index is 1290. The number of unbranched alkanes of at least 4 members (excludes halogenated alkanes) is 24. The van der Waals surface area contributed by atoms with Crippen LogP contribution in [0.3, 0.4) is 0 Å². The van der Waals surface area contributed by atoms with E-state index in [2.05, 4.69) is 106 Å². The Hall–Kier alpha value is -3.41. The highest BCUT2D eigenvalue weighted by Crippen LogP contribution is 2.14. The molecule has 0 aliphatic rings. The number of hydrogen-bond donors (Lipinski definition) is 0. The largest absolute Gasteiger partial charge is 0.462 e. The molecule has 0 amide bonds. The quantitative estimate of drug-likeness (QED) is 0.0262. The second kappa shape index (κ2) is 54.2. The van der Waals surface area contributed by atoms with E-state index in [0.29, 0.717) is 12.8 Å². The van der Waals surface area contributed by atoms with Crippen molar-refractivity contribution in [2.75, 3.05) is 13.2 Å². The Balaban J connectivity index is 4.35. The second-order valence-corrected chi connectivity index (χ2v) is 18.1. The molecule has 6 heteroatoms. The summed E-state index contributed by atoms with van der Waals surface area (Å²) in [5, 5.41) is 0. The van der Waals surface area contributed by atoms with E-state index in [1.165, 1.54) is 109 Å². The number of allylic oxidation sites excluding steroid dienone is 14. The molecule has 0 radical (unpaired) electrons. The maximum Gasteiger partial charge on any atom is 0.306 e. The fourth-order valence-corrected chi connectivity index (χ4v) is 7.46. The van der Waals surface area contributed by atoms with Gasteiger partial charge in [0.2, 0.25) is 0 Å². The van der Waals surface area contributed by atoms with E-state index >= 15 is 0 Å². The smallest absolute Gasteiger partial charge is 0.306 e. The minimum absolute atomic E-state index is 0.0954. The third-order valence-corrected chi connectivity index (χ3v) is 11.6. The minimum atomic E-state index is -0.798. The summed E-state index contributed by atoms with van der Waals surface area (Å²) in [6.45, 7) is 6.45. The molecule has 0 spiro atoms. The van der Waals surface area contributed by atoms with Crippen molar-refractivity contribution in [3.05, 3.63) is 85.1 Å². The van der Waals surface area contributed by atoms with E-state index in [0.717, 1.165) is 109 Å². The molecule has 0 fully saturated rings. The van der Waals surface area contributed by atoms with Crippen LogP contribution in [0.25, 0.3) is 0 Å². The summed E-state index contributed by atoms with van der Waals surface area (Å²) in [6, 6.07) is 0. The van der Waals surface area contributed by atoms with Crippen molar-refractivity contribution in [3.8, 4) is 0 Å². The van der Waals surface area contributed by atoms with Gasteiger partial charge in [0.1, 0.15) is 13.2 Å². The van der Waals surface area contributed by atoms with Gasteiger partial charge in [0.25, 0.3) is 0 Å². The van der Waals surface area contributed by atoms with Gasteiger partial charge in [-0.1, -0.05) is 209 Å². The predicted octanol–water partition coefficient (Wildman–Crippen LogP) is 18.4. The Kier molecular flexibility index (Phi) is 51.4. The first kappa shape index (κ1) is 62.6. The zero-order chi connectivity index (χ0) is 47.9. The number of hydrogen-bond acceptors (Lipinski definition) is 6. The third-order valence-electron chi connectivity index (χ3n) is 11.6. The van der Waals surface area contributed by atoms with Gasteiger partial charge in [-0.05, 0) is 116 Å². The lowest BCUT2D eigenvalue weighted by atomic mass is 10.1. The summed E-state index contributed by atoms with van der Waals surface area (Å²) < 4.78 is 16.8. The fourth-order valence-electron chi connectivity index (χ4n) is 7.46. The Morgan fingerprint density at radius 1 is 0.318 bits per heavy atom. The van der Waals surface area contributed by atoms with E-state index < -0.39 is 6.10 Å². The molecule has 1 atom stereocenters. The Labute approximate surface area is 407 Å². The first-order chi connectivity index (χ1) is 32.5. The van der Waals surface area contributed by atoms with Gasteiger partial charge >= 0.3 is 17.9 Å². The van der Waals surface area contributed by atoms with Gasteiger partial charge in [0.15, 0.2) is 6.10 Å². The molecule has 0 rings (SSSR count). The molecule has 0 bridgehead atoms. The van der Waals surface area contributed by atoms with Crippen molar-refractivity contribution in [1.29, 1.82) is 0 Å². The average molecular weight is 919 g/mol. The van der Waals surface area contributed by atoms with E-state index in [1.54, 1.807) is 0 Å². The summed E-state index contributed by atoms with van der Waals surface area (Å²) in [5.41, 5.74) is 0.